The van der Waals surface area contributed by atoms with Crippen molar-refractivity contribution in [2.45, 2.75) is 46.5 Å². The Morgan fingerprint density at radius 1 is 1.14 bits per heavy atom. The minimum Gasteiger partial charge on any atom is -0.463 e. The number of anilines is 1. The van der Waals surface area contributed by atoms with Crippen LogP contribution in [0.5, 0.6) is 0 Å². The Kier molecular flexibility index (Phi) is 6.23. The summed E-state index contributed by atoms with van der Waals surface area (Å²) in [5, 5.41) is 11.2. The van der Waals surface area contributed by atoms with E-state index in [9.17, 15) is 19.7 Å². The summed E-state index contributed by atoms with van der Waals surface area (Å²) in [6.45, 7) is 7.88. The first-order chi connectivity index (χ1) is 16.5. The molecule has 182 valence electrons. The number of nitro groups is 1. The Bertz CT molecular complexity index is 1260. The molecule has 0 fully saturated rings. The number of Topliss-reactive ketones (excluding diaryl/α,β-unsaturated/α-hetero) is 1. The van der Waals surface area contributed by atoms with Gasteiger partial charge in [-0.05, 0) is 43.4 Å². The van der Waals surface area contributed by atoms with Gasteiger partial charge in [0.05, 0.1) is 23.0 Å². The Balaban J connectivity index is 2.00. The van der Waals surface area contributed by atoms with Gasteiger partial charge in [-0.2, -0.15) is 0 Å². The lowest BCUT2D eigenvalue weighted by molar-refractivity contribution is -0.384. The first-order valence-electron chi connectivity index (χ1n) is 11.6. The number of allylic oxidation sites excluding steroid dienone is 2. The summed E-state index contributed by atoms with van der Waals surface area (Å²) in [5.74, 6) is -1.28. The summed E-state index contributed by atoms with van der Waals surface area (Å²) in [7, 11) is 0. The summed E-state index contributed by atoms with van der Waals surface area (Å²) in [4.78, 5) is 39.4. The van der Waals surface area contributed by atoms with E-state index in [1.165, 1.54) is 12.1 Å². The van der Waals surface area contributed by atoms with Gasteiger partial charge in [0.2, 0.25) is 0 Å². The van der Waals surface area contributed by atoms with Crippen LogP contribution in [0.25, 0.3) is 0 Å². The third-order valence-electron chi connectivity index (χ3n) is 6.49. The summed E-state index contributed by atoms with van der Waals surface area (Å²) in [6, 6.07) is 13.6. The number of carbonyl (C=O) groups excluding carboxylic acids is 2. The van der Waals surface area contributed by atoms with Crippen molar-refractivity contribution >= 4 is 23.1 Å². The fraction of sp³-hybridized carbons (Fsp3) is 0.333. The normalized spacial score (nSPS) is 19.5. The lowest BCUT2D eigenvalue weighted by Crippen LogP contribution is -2.43. The minimum absolute atomic E-state index is 0.0778. The van der Waals surface area contributed by atoms with E-state index in [-0.39, 0.29) is 34.9 Å². The van der Waals surface area contributed by atoms with Crippen molar-refractivity contribution < 1.29 is 19.2 Å². The number of ketones is 1. The van der Waals surface area contributed by atoms with Gasteiger partial charge in [0.1, 0.15) is 5.82 Å². The largest absolute Gasteiger partial charge is 0.463 e. The third-order valence-corrected chi connectivity index (χ3v) is 6.49. The van der Waals surface area contributed by atoms with Crippen LogP contribution in [0, 0.1) is 22.5 Å². The lowest BCUT2D eigenvalue weighted by atomic mass is 9.68. The number of rotatable bonds is 5. The van der Waals surface area contributed by atoms with E-state index in [1.807, 2.05) is 45.0 Å². The van der Waals surface area contributed by atoms with Gasteiger partial charge in [-0.25, -0.2) is 4.79 Å². The van der Waals surface area contributed by atoms with E-state index in [1.54, 1.807) is 24.0 Å². The number of esters is 1. The molecule has 0 spiro atoms. The Morgan fingerprint density at radius 2 is 1.77 bits per heavy atom. The Morgan fingerprint density at radius 3 is 2.34 bits per heavy atom. The van der Waals surface area contributed by atoms with Crippen molar-refractivity contribution in [3.63, 3.8) is 0 Å². The lowest BCUT2D eigenvalue weighted by Gasteiger charge is -2.44. The van der Waals surface area contributed by atoms with Gasteiger partial charge in [0.15, 0.2) is 5.78 Å². The molecule has 0 bridgehead atoms. The van der Waals surface area contributed by atoms with E-state index < -0.39 is 16.8 Å². The summed E-state index contributed by atoms with van der Waals surface area (Å²) >= 11 is 0. The third kappa shape index (κ3) is 4.43. The summed E-state index contributed by atoms with van der Waals surface area (Å²) < 4.78 is 5.38. The number of non-ortho nitro benzene ring substituents is 1. The van der Waals surface area contributed by atoms with Crippen LogP contribution in [0.15, 0.2) is 71.2 Å². The SMILES string of the molecule is CCOC(=O)C1=C(N)N(c2ccc(C)cc2)C2=C(C(=O)CC(C)(C)C2)C1c1ccc([N+](=O)[O-])cc1. The van der Waals surface area contributed by atoms with Crippen molar-refractivity contribution in [1.82, 2.24) is 0 Å². The van der Waals surface area contributed by atoms with Crippen LogP contribution < -0.4 is 10.6 Å². The van der Waals surface area contributed by atoms with Gasteiger partial charge in [0.25, 0.3) is 5.69 Å². The van der Waals surface area contributed by atoms with Crippen LogP contribution in [0.4, 0.5) is 11.4 Å². The first kappa shape index (κ1) is 24.2. The molecule has 0 radical (unpaired) electrons. The molecular formula is C27H29N3O5. The minimum atomic E-state index is -0.782. The molecule has 0 aromatic heterocycles. The molecule has 35 heavy (non-hydrogen) atoms. The van der Waals surface area contributed by atoms with Crippen molar-refractivity contribution in [3.8, 4) is 0 Å². The number of ether oxygens (including phenoxy) is 1. The molecule has 0 saturated carbocycles. The van der Waals surface area contributed by atoms with Gasteiger partial charge in [-0.3, -0.25) is 19.8 Å². The highest BCUT2D eigenvalue weighted by Gasteiger charge is 2.46. The number of hydrogen-bond donors (Lipinski definition) is 1. The fourth-order valence-electron chi connectivity index (χ4n) is 4.93. The Hall–Kier alpha value is -3.94. The molecular weight excluding hydrogens is 446 g/mol. The summed E-state index contributed by atoms with van der Waals surface area (Å²) in [5.41, 5.74) is 10.1. The smallest absolute Gasteiger partial charge is 0.338 e. The number of carbonyl (C=O) groups is 2. The maximum Gasteiger partial charge on any atom is 0.338 e. The molecule has 0 saturated heterocycles. The van der Waals surface area contributed by atoms with Crippen LogP contribution in [0.1, 0.15) is 50.7 Å². The van der Waals surface area contributed by atoms with Crippen LogP contribution >= 0.6 is 0 Å². The molecule has 1 aliphatic heterocycles. The van der Waals surface area contributed by atoms with Crippen LogP contribution in [-0.2, 0) is 14.3 Å². The van der Waals surface area contributed by atoms with Crippen molar-refractivity contribution in [2.75, 3.05) is 11.5 Å². The maximum atomic E-state index is 13.7. The zero-order valence-corrected chi connectivity index (χ0v) is 20.3. The van der Waals surface area contributed by atoms with E-state index in [2.05, 4.69) is 0 Å². The standard InChI is InChI=1S/C27H29N3O5/c1-5-35-26(32)24-22(17-8-12-19(13-9-17)30(33)34)23-20(14-27(3,4)15-21(23)31)29(25(24)28)18-10-6-16(2)7-11-18/h6-13,22H,5,14-15,28H2,1-4H3. The van der Waals surface area contributed by atoms with Gasteiger partial charge in [-0.1, -0.05) is 43.7 Å². The van der Waals surface area contributed by atoms with Gasteiger partial charge < -0.3 is 10.5 Å². The molecule has 0 amide bonds. The average molecular weight is 476 g/mol. The van der Waals surface area contributed by atoms with E-state index in [0.29, 0.717) is 24.0 Å². The van der Waals surface area contributed by atoms with Crippen molar-refractivity contribution in [1.29, 1.82) is 0 Å². The van der Waals surface area contributed by atoms with Crippen LogP contribution in [0.3, 0.4) is 0 Å². The molecule has 2 N–H and O–H groups in total. The van der Waals surface area contributed by atoms with Gasteiger partial charge >= 0.3 is 5.97 Å². The second kappa shape index (κ2) is 9.02. The molecule has 4 rings (SSSR count). The number of benzene rings is 2. The number of nitrogens with two attached hydrogens (primary N) is 1. The average Bonchev–Trinajstić information content (AvgIpc) is 2.78. The zero-order valence-electron chi connectivity index (χ0n) is 20.3. The second-order valence-corrected chi connectivity index (χ2v) is 9.77. The molecule has 1 atom stereocenters. The van der Waals surface area contributed by atoms with Crippen molar-refractivity contribution in [3.05, 3.63) is 92.4 Å². The molecule has 8 heteroatoms. The summed E-state index contributed by atoms with van der Waals surface area (Å²) in [6.07, 6.45) is 0.884. The van der Waals surface area contributed by atoms with Crippen molar-refractivity contribution in [2.24, 2.45) is 11.1 Å². The first-order valence-corrected chi connectivity index (χ1v) is 11.6. The Labute approximate surface area is 204 Å². The van der Waals surface area contributed by atoms with E-state index in [0.717, 1.165) is 16.9 Å². The topological polar surface area (TPSA) is 116 Å². The number of hydrogen-bond acceptors (Lipinski definition) is 7. The molecule has 2 aromatic carbocycles. The van der Waals surface area contributed by atoms with E-state index in [4.69, 9.17) is 10.5 Å². The fourth-order valence-corrected chi connectivity index (χ4v) is 4.93. The van der Waals surface area contributed by atoms with Gasteiger partial charge in [0, 0.05) is 35.5 Å². The highest BCUT2D eigenvalue weighted by molar-refractivity contribution is 6.05. The number of aryl methyl sites for hydroxylation is 1. The van der Waals surface area contributed by atoms with Gasteiger partial charge in [-0.15, -0.1) is 0 Å². The second-order valence-electron chi connectivity index (χ2n) is 9.77. The predicted octanol–water partition coefficient (Wildman–Crippen LogP) is 4.88. The molecule has 2 aliphatic rings. The number of nitro benzene ring substituents is 1. The monoisotopic (exact) mass is 475 g/mol. The molecule has 8 nitrogen and oxygen atoms in total. The molecule has 1 aliphatic carbocycles. The quantitative estimate of drug-likeness (QED) is 0.372. The van der Waals surface area contributed by atoms with Crippen LogP contribution in [-0.4, -0.2) is 23.3 Å². The highest BCUT2D eigenvalue weighted by atomic mass is 16.6. The molecule has 2 aromatic rings. The zero-order chi connectivity index (χ0) is 25.5. The maximum absolute atomic E-state index is 13.7. The predicted molar refractivity (Wildman–Crippen MR) is 132 cm³/mol. The van der Waals surface area contributed by atoms with Crippen LogP contribution in [0.2, 0.25) is 0 Å². The number of nitrogens with zero attached hydrogens (tertiary/aromatic N) is 2. The molecule has 1 unspecified atom stereocenters. The molecule has 1 heterocycles. The van der Waals surface area contributed by atoms with E-state index >= 15 is 0 Å². The highest BCUT2D eigenvalue weighted by Crippen LogP contribution is 2.50.